The van der Waals surface area contributed by atoms with Crippen LogP contribution in [0, 0.1) is 10.8 Å². The summed E-state index contributed by atoms with van der Waals surface area (Å²) in [6, 6.07) is 24.4. The van der Waals surface area contributed by atoms with Crippen molar-refractivity contribution in [1.82, 2.24) is 0 Å². The first kappa shape index (κ1) is 36.6. The Hall–Kier alpha value is -5.21. The molecule has 0 radical (unpaired) electrons. The minimum absolute atomic E-state index is 0.111. The molecule has 252 valence electrons. The summed E-state index contributed by atoms with van der Waals surface area (Å²) < 4.78 is 0. The van der Waals surface area contributed by atoms with Crippen LogP contribution in [0.25, 0.3) is 22.3 Å². The maximum atomic E-state index is 12.4. The van der Waals surface area contributed by atoms with Crippen molar-refractivity contribution in [2.45, 2.75) is 54.4 Å². The number of halogens is 1. The maximum absolute atomic E-state index is 12.4. The largest absolute Gasteiger partial charge is 0.399 e. The Morgan fingerprint density at radius 3 is 1.39 bits per heavy atom. The van der Waals surface area contributed by atoms with E-state index in [0.717, 1.165) is 28.7 Å². The molecule has 0 aliphatic heterocycles. The average Bonchev–Trinajstić information content (AvgIpc) is 3.10. The van der Waals surface area contributed by atoms with Crippen LogP contribution < -0.4 is 11.1 Å². The highest BCUT2D eigenvalue weighted by atomic mass is 35.5. The Kier molecular flexibility index (Phi) is 10.8. The number of nitrogens with two attached hydrogens (primary N) is 1. The van der Waals surface area contributed by atoms with Crippen LogP contribution in [0.4, 0.5) is 11.4 Å². The molecule has 0 unspecified atom stereocenters. The van der Waals surface area contributed by atoms with Gasteiger partial charge in [-0.05, 0) is 71.0 Å². The van der Waals surface area contributed by atoms with E-state index in [4.69, 9.17) is 17.3 Å². The quantitative estimate of drug-likeness (QED) is 0.122. The molecule has 0 aromatic heterocycles. The second kappa shape index (κ2) is 14.5. The molecular weight excluding hydrogens is 640 g/mol. The second-order valence-electron chi connectivity index (χ2n) is 13.2. The van der Waals surface area contributed by atoms with Crippen molar-refractivity contribution in [2.75, 3.05) is 11.1 Å². The van der Waals surface area contributed by atoms with Gasteiger partial charge >= 0.3 is 0 Å². The van der Waals surface area contributed by atoms with Crippen LogP contribution in [0.1, 0.15) is 95.8 Å². The molecular formula is C40H39ClN2O6. The normalized spacial score (nSPS) is 13.0. The molecule has 4 aromatic rings. The molecule has 0 atom stereocenters. The molecule has 0 bridgehead atoms. The van der Waals surface area contributed by atoms with Crippen LogP contribution >= 0.6 is 11.6 Å². The maximum Gasteiger partial charge on any atom is 0.234 e. The molecule has 2 aliphatic rings. The van der Waals surface area contributed by atoms with Crippen LogP contribution in [0.5, 0.6) is 0 Å². The highest BCUT2D eigenvalue weighted by Gasteiger charge is 2.32. The number of nitrogen functional groups attached to an aromatic ring is 1. The van der Waals surface area contributed by atoms with Crippen molar-refractivity contribution in [2.24, 2.45) is 10.8 Å². The van der Waals surface area contributed by atoms with E-state index in [1.807, 2.05) is 65.8 Å². The lowest BCUT2D eigenvalue weighted by Crippen LogP contribution is -2.30. The Balaban J connectivity index is 0.000000188. The molecule has 49 heavy (non-hydrogen) atoms. The van der Waals surface area contributed by atoms with Crippen LogP contribution in [-0.4, -0.2) is 34.3 Å². The van der Waals surface area contributed by atoms with Gasteiger partial charge in [-0.2, -0.15) is 0 Å². The van der Waals surface area contributed by atoms with Crippen LogP contribution in [0.15, 0.2) is 84.9 Å². The number of hydrogen-bond donors (Lipinski definition) is 2. The highest BCUT2D eigenvalue weighted by Crippen LogP contribution is 2.36. The van der Waals surface area contributed by atoms with Crippen molar-refractivity contribution in [3.05, 3.63) is 107 Å². The summed E-state index contributed by atoms with van der Waals surface area (Å²) in [7, 11) is 0. The summed E-state index contributed by atoms with van der Waals surface area (Å²) >= 11 is 5.23. The van der Waals surface area contributed by atoms with Gasteiger partial charge in [0.05, 0.1) is 0 Å². The molecule has 9 heteroatoms. The van der Waals surface area contributed by atoms with Gasteiger partial charge in [-0.15, -0.1) is 0 Å². The fourth-order valence-electron chi connectivity index (χ4n) is 4.95. The number of anilines is 2. The standard InChI is InChI=1S/C20H19NO3.C14H9NO2.C6H11ClO/c1-4-20(2,3)19(24)21-12-9-10-14-13-7-5-6-8-15(13)17(22)18(23)16(14)11-12;15-8-5-6-10-9-3-1-2-4-11(9)13(16)14(17)12(10)7-8;1-4-6(2,3)5(7)8/h5-11H,4H2,1-3H3,(H,21,24);1-7H,15H2;4H2,1-3H3. The molecule has 0 spiro atoms. The molecule has 4 aromatic carbocycles. The Morgan fingerprint density at radius 1 is 0.571 bits per heavy atom. The van der Waals surface area contributed by atoms with Gasteiger partial charge in [-0.1, -0.05) is 102 Å². The number of rotatable bonds is 5. The Bertz CT molecular complexity index is 2010. The highest BCUT2D eigenvalue weighted by molar-refractivity contribution is 6.64. The number of nitrogens with one attached hydrogen (secondary N) is 1. The van der Waals surface area contributed by atoms with Crippen molar-refractivity contribution in [3.63, 3.8) is 0 Å². The first-order chi connectivity index (χ1) is 23.0. The van der Waals surface area contributed by atoms with E-state index in [9.17, 15) is 28.8 Å². The summed E-state index contributed by atoms with van der Waals surface area (Å²) in [6.45, 7) is 11.3. The van der Waals surface area contributed by atoms with Gasteiger partial charge in [0.25, 0.3) is 0 Å². The predicted molar refractivity (Wildman–Crippen MR) is 193 cm³/mol. The minimum Gasteiger partial charge on any atom is -0.399 e. The van der Waals surface area contributed by atoms with E-state index in [2.05, 4.69) is 5.32 Å². The molecule has 6 rings (SSSR count). The lowest BCUT2D eigenvalue weighted by molar-refractivity contribution is -0.124. The van der Waals surface area contributed by atoms with Gasteiger partial charge in [-0.3, -0.25) is 28.8 Å². The summed E-state index contributed by atoms with van der Waals surface area (Å²) in [5, 5.41) is 2.59. The van der Waals surface area contributed by atoms with E-state index in [1.165, 1.54) is 0 Å². The second-order valence-corrected chi connectivity index (χ2v) is 13.5. The van der Waals surface area contributed by atoms with E-state index < -0.39 is 28.5 Å². The van der Waals surface area contributed by atoms with Gasteiger partial charge in [0.2, 0.25) is 34.3 Å². The van der Waals surface area contributed by atoms with Gasteiger partial charge in [-0.25, -0.2) is 0 Å². The van der Waals surface area contributed by atoms with Gasteiger partial charge < -0.3 is 11.1 Å². The zero-order valence-corrected chi connectivity index (χ0v) is 29.2. The third-order valence-electron chi connectivity index (χ3n) is 9.06. The van der Waals surface area contributed by atoms with Gasteiger partial charge in [0.15, 0.2) is 0 Å². The Morgan fingerprint density at radius 2 is 0.959 bits per heavy atom. The fraction of sp³-hybridized carbons (Fsp3) is 0.250. The molecule has 3 N–H and O–H groups in total. The van der Waals surface area contributed by atoms with Gasteiger partial charge in [0.1, 0.15) is 0 Å². The number of amides is 1. The summed E-state index contributed by atoms with van der Waals surface area (Å²) in [4.78, 5) is 71.3. The van der Waals surface area contributed by atoms with Crippen molar-refractivity contribution in [3.8, 4) is 22.3 Å². The number of carbonyl (C=O) groups excluding carboxylic acids is 6. The SMILES string of the molecule is CCC(C)(C)C(=O)Cl.CCC(C)(C)C(=O)Nc1ccc2c(c1)C(=O)C(=O)c1ccccc1-2.Nc1ccc2c(c1)C(=O)C(=O)c1ccccc1-2. The molecule has 1 amide bonds. The third-order valence-corrected chi connectivity index (χ3v) is 9.57. The fourth-order valence-corrected chi connectivity index (χ4v) is 5.08. The minimum atomic E-state index is -0.533. The zero-order chi connectivity index (χ0) is 36.3. The molecule has 0 saturated carbocycles. The van der Waals surface area contributed by atoms with E-state index >= 15 is 0 Å². The molecule has 0 fully saturated rings. The van der Waals surface area contributed by atoms with Crippen LogP contribution in [0.3, 0.4) is 0 Å². The van der Waals surface area contributed by atoms with Crippen LogP contribution in [-0.2, 0) is 9.59 Å². The monoisotopic (exact) mass is 678 g/mol. The summed E-state index contributed by atoms with van der Waals surface area (Å²) in [5.41, 5.74) is 10.5. The number of fused-ring (bicyclic) bond motifs is 6. The molecule has 0 saturated heterocycles. The lowest BCUT2D eigenvalue weighted by Gasteiger charge is -2.23. The lowest BCUT2D eigenvalue weighted by atomic mass is 9.83. The van der Waals surface area contributed by atoms with Gasteiger partial charge in [0, 0.05) is 44.5 Å². The van der Waals surface area contributed by atoms with Crippen molar-refractivity contribution >= 4 is 57.3 Å². The first-order valence-corrected chi connectivity index (χ1v) is 16.3. The zero-order valence-electron chi connectivity index (χ0n) is 28.4. The molecule has 2 aliphatic carbocycles. The van der Waals surface area contributed by atoms with E-state index in [-0.39, 0.29) is 16.6 Å². The number of ketones is 4. The van der Waals surface area contributed by atoms with Crippen molar-refractivity contribution in [1.29, 1.82) is 0 Å². The molecule has 0 heterocycles. The number of hydrogen-bond acceptors (Lipinski definition) is 7. The van der Waals surface area contributed by atoms with Crippen LogP contribution in [0.2, 0.25) is 0 Å². The van der Waals surface area contributed by atoms with Crippen molar-refractivity contribution < 1.29 is 28.8 Å². The van der Waals surface area contributed by atoms with E-state index in [0.29, 0.717) is 40.0 Å². The van der Waals surface area contributed by atoms with E-state index in [1.54, 1.807) is 60.7 Å². The Labute approximate surface area is 291 Å². The number of Topliss-reactive ketones (excluding diaryl/α,β-unsaturated/α-hetero) is 4. The number of benzene rings is 4. The smallest absolute Gasteiger partial charge is 0.234 e. The summed E-state index contributed by atoms with van der Waals surface area (Å²) in [5.74, 6) is -2.09. The topological polar surface area (TPSA) is 140 Å². The number of carbonyl (C=O) groups is 6. The average molecular weight is 679 g/mol. The third kappa shape index (κ3) is 7.60. The first-order valence-electron chi connectivity index (χ1n) is 16.0. The predicted octanol–water partition coefficient (Wildman–Crippen LogP) is 8.61. The summed E-state index contributed by atoms with van der Waals surface area (Å²) in [6.07, 6.45) is 1.50. The molecule has 8 nitrogen and oxygen atoms in total.